The zero-order valence-electron chi connectivity index (χ0n) is 10.9. The van der Waals surface area contributed by atoms with Gasteiger partial charge in [0.2, 0.25) is 0 Å². The fourth-order valence-corrected chi connectivity index (χ4v) is 2.20. The predicted molar refractivity (Wildman–Crippen MR) is 70.8 cm³/mol. The van der Waals surface area contributed by atoms with E-state index in [9.17, 15) is 9.59 Å². The molecule has 18 heavy (non-hydrogen) atoms. The maximum atomic E-state index is 11.7. The van der Waals surface area contributed by atoms with Crippen molar-refractivity contribution < 1.29 is 9.53 Å². The van der Waals surface area contributed by atoms with Crippen LogP contribution in [0.3, 0.4) is 0 Å². The van der Waals surface area contributed by atoms with E-state index in [4.69, 9.17) is 4.74 Å². The molecule has 0 radical (unpaired) electrons. The van der Waals surface area contributed by atoms with Gasteiger partial charge in [0, 0.05) is 18.8 Å². The van der Waals surface area contributed by atoms with Crippen LogP contribution in [-0.4, -0.2) is 27.9 Å². The lowest BCUT2D eigenvalue weighted by Gasteiger charge is -2.08. The van der Waals surface area contributed by atoms with E-state index in [1.54, 1.807) is 14.0 Å². The Morgan fingerprint density at radius 2 is 2.22 bits per heavy atom. The van der Waals surface area contributed by atoms with E-state index in [0.717, 1.165) is 18.5 Å². The molecule has 0 saturated heterocycles. The van der Waals surface area contributed by atoms with Gasteiger partial charge in [-0.1, -0.05) is 25.1 Å². The summed E-state index contributed by atoms with van der Waals surface area (Å²) in [5.74, 6) is -0.124. The van der Waals surface area contributed by atoms with E-state index in [2.05, 4.69) is 4.98 Å². The molecule has 0 aromatic carbocycles. The zero-order chi connectivity index (χ0) is 13.5. The third-order valence-electron chi connectivity index (χ3n) is 2.28. The standard InChI is InChI=1S/C12H18N2O3S/c1-4-6-9-7-10(15)14(3)12(13-9)18-8-11(16)17-5-2/h7H,4-6,8H2,1-3H3. The lowest BCUT2D eigenvalue weighted by molar-refractivity contribution is -0.139. The number of aryl methyl sites for hydroxylation is 1. The van der Waals surface area contributed by atoms with Gasteiger partial charge in [-0.3, -0.25) is 14.2 Å². The predicted octanol–water partition coefficient (Wildman–Crippen LogP) is 1.39. The third-order valence-corrected chi connectivity index (χ3v) is 3.28. The molecule has 0 spiro atoms. The fourth-order valence-electron chi connectivity index (χ4n) is 1.40. The molecular weight excluding hydrogens is 252 g/mol. The first-order valence-electron chi connectivity index (χ1n) is 5.93. The number of nitrogens with zero attached hydrogens (tertiary/aromatic N) is 2. The van der Waals surface area contributed by atoms with Crippen LogP contribution >= 0.6 is 11.8 Å². The van der Waals surface area contributed by atoms with E-state index in [-0.39, 0.29) is 17.3 Å². The second-order valence-electron chi connectivity index (χ2n) is 3.77. The summed E-state index contributed by atoms with van der Waals surface area (Å²) >= 11 is 1.23. The summed E-state index contributed by atoms with van der Waals surface area (Å²) in [6.45, 7) is 4.16. The van der Waals surface area contributed by atoms with Crippen molar-refractivity contribution in [2.24, 2.45) is 7.05 Å². The molecule has 0 bridgehead atoms. The van der Waals surface area contributed by atoms with Crippen LogP contribution in [0.2, 0.25) is 0 Å². The van der Waals surface area contributed by atoms with Gasteiger partial charge in [-0.15, -0.1) is 0 Å². The van der Waals surface area contributed by atoms with Crippen LogP contribution in [0.25, 0.3) is 0 Å². The van der Waals surface area contributed by atoms with Crippen molar-refractivity contribution in [3.8, 4) is 0 Å². The van der Waals surface area contributed by atoms with E-state index in [1.807, 2.05) is 6.92 Å². The zero-order valence-corrected chi connectivity index (χ0v) is 11.7. The smallest absolute Gasteiger partial charge is 0.316 e. The highest BCUT2D eigenvalue weighted by Crippen LogP contribution is 2.14. The summed E-state index contributed by atoms with van der Waals surface area (Å²) in [6, 6.07) is 1.54. The van der Waals surface area contributed by atoms with Crippen molar-refractivity contribution in [2.45, 2.75) is 31.8 Å². The molecule has 100 valence electrons. The van der Waals surface area contributed by atoms with E-state index in [1.165, 1.54) is 22.4 Å². The maximum absolute atomic E-state index is 11.7. The second kappa shape index (κ2) is 7.20. The fraction of sp³-hybridized carbons (Fsp3) is 0.583. The van der Waals surface area contributed by atoms with Crippen LogP contribution in [0.5, 0.6) is 0 Å². The molecule has 0 aliphatic carbocycles. The minimum atomic E-state index is -0.294. The summed E-state index contributed by atoms with van der Waals surface area (Å²) in [4.78, 5) is 27.3. The minimum Gasteiger partial charge on any atom is -0.465 e. The Balaban J connectivity index is 2.80. The summed E-state index contributed by atoms with van der Waals surface area (Å²) in [7, 11) is 1.65. The molecule has 0 aliphatic rings. The SMILES string of the molecule is CCCc1cc(=O)n(C)c(SCC(=O)OCC)n1. The molecule has 1 aromatic heterocycles. The normalized spacial score (nSPS) is 10.4. The first kappa shape index (κ1) is 14.8. The maximum Gasteiger partial charge on any atom is 0.316 e. The summed E-state index contributed by atoms with van der Waals surface area (Å²) in [5.41, 5.74) is 0.673. The quantitative estimate of drug-likeness (QED) is 0.444. The van der Waals surface area contributed by atoms with E-state index in [0.29, 0.717) is 11.8 Å². The van der Waals surface area contributed by atoms with Crippen LogP contribution in [0, 0.1) is 0 Å². The molecule has 1 heterocycles. The molecule has 0 fully saturated rings. The van der Waals surface area contributed by atoms with Gasteiger partial charge in [0.05, 0.1) is 12.4 Å². The summed E-state index contributed by atoms with van der Waals surface area (Å²) in [6.07, 6.45) is 1.70. The number of carbonyl (C=O) groups excluding carboxylic acids is 1. The van der Waals surface area contributed by atoms with Gasteiger partial charge in [-0.05, 0) is 13.3 Å². The average Bonchev–Trinajstić information content (AvgIpc) is 2.32. The van der Waals surface area contributed by atoms with Gasteiger partial charge < -0.3 is 4.74 Å². The van der Waals surface area contributed by atoms with Gasteiger partial charge >= 0.3 is 5.97 Å². The largest absolute Gasteiger partial charge is 0.465 e. The van der Waals surface area contributed by atoms with Crippen LogP contribution in [0.4, 0.5) is 0 Å². The summed E-state index contributed by atoms with van der Waals surface area (Å²) < 4.78 is 6.28. The van der Waals surface area contributed by atoms with Crippen LogP contribution in [0.15, 0.2) is 16.0 Å². The molecule has 0 aliphatic heterocycles. The van der Waals surface area contributed by atoms with E-state index < -0.39 is 0 Å². The Kier molecular flexibility index (Phi) is 5.91. The highest BCUT2D eigenvalue weighted by Gasteiger charge is 2.09. The number of thioether (sulfide) groups is 1. The summed E-state index contributed by atoms with van der Waals surface area (Å²) in [5, 5.41) is 0.555. The van der Waals surface area contributed by atoms with Gasteiger partial charge in [0.25, 0.3) is 5.56 Å². The number of aromatic nitrogens is 2. The Morgan fingerprint density at radius 1 is 1.50 bits per heavy atom. The van der Waals surface area contributed by atoms with Crippen LogP contribution in [0.1, 0.15) is 26.0 Å². The molecule has 6 heteroatoms. The molecular formula is C12H18N2O3S. The molecule has 1 aromatic rings. The average molecular weight is 270 g/mol. The third kappa shape index (κ3) is 4.18. The number of rotatable bonds is 6. The Morgan fingerprint density at radius 3 is 2.83 bits per heavy atom. The van der Waals surface area contributed by atoms with Crippen molar-refractivity contribution >= 4 is 17.7 Å². The van der Waals surface area contributed by atoms with Crippen LogP contribution < -0.4 is 5.56 Å². The Labute approximate surface area is 111 Å². The van der Waals surface area contributed by atoms with Gasteiger partial charge in [-0.25, -0.2) is 4.98 Å². The van der Waals surface area contributed by atoms with Crippen molar-refractivity contribution in [1.29, 1.82) is 0 Å². The minimum absolute atomic E-state index is 0.0974. The molecule has 0 saturated carbocycles. The highest BCUT2D eigenvalue weighted by atomic mass is 32.2. The van der Waals surface area contributed by atoms with Crippen molar-refractivity contribution in [3.63, 3.8) is 0 Å². The molecule has 1 rings (SSSR count). The van der Waals surface area contributed by atoms with Gasteiger partial charge in [0.15, 0.2) is 5.16 Å². The lowest BCUT2D eigenvalue weighted by atomic mass is 10.2. The first-order chi connectivity index (χ1) is 8.58. The number of hydrogen-bond acceptors (Lipinski definition) is 5. The molecule has 0 atom stereocenters. The number of carbonyl (C=O) groups is 1. The van der Waals surface area contributed by atoms with E-state index >= 15 is 0 Å². The van der Waals surface area contributed by atoms with Gasteiger partial charge in [0.1, 0.15) is 0 Å². The molecule has 0 N–H and O–H groups in total. The van der Waals surface area contributed by atoms with Crippen LogP contribution in [-0.2, 0) is 23.0 Å². The van der Waals surface area contributed by atoms with Gasteiger partial charge in [-0.2, -0.15) is 0 Å². The second-order valence-corrected chi connectivity index (χ2v) is 4.71. The highest BCUT2D eigenvalue weighted by molar-refractivity contribution is 7.99. The monoisotopic (exact) mass is 270 g/mol. The van der Waals surface area contributed by atoms with Crippen molar-refractivity contribution in [2.75, 3.05) is 12.4 Å². The Hall–Kier alpha value is -1.30. The number of esters is 1. The topological polar surface area (TPSA) is 61.2 Å². The number of ether oxygens (including phenoxy) is 1. The molecule has 5 nitrogen and oxygen atoms in total. The first-order valence-corrected chi connectivity index (χ1v) is 6.92. The lowest BCUT2D eigenvalue weighted by Crippen LogP contribution is -2.21. The Bertz CT molecular complexity index is 471. The molecule has 0 amide bonds. The molecule has 0 unspecified atom stereocenters. The number of hydrogen-bond donors (Lipinski definition) is 0. The van der Waals surface area contributed by atoms with Crippen molar-refractivity contribution in [1.82, 2.24) is 9.55 Å². The van der Waals surface area contributed by atoms with Crippen molar-refractivity contribution in [3.05, 3.63) is 22.1 Å².